The van der Waals surface area contributed by atoms with Crippen LogP contribution >= 0.6 is 0 Å². The summed E-state index contributed by atoms with van der Waals surface area (Å²) in [6.45, 7) is 3.74. The van der Waals surface area contributed by atoms with Gasteiger partial charge in [0.05, 0.1) is 13.2 Å². The highest BCUT2D eigenvalue weighted by atomic mass is 16.5. The first kappa shape index (κ1) is 15.6. The Morgan fingerprint density at radius 2 is 2.05 bits per heavy atom. The summed E-state index contributed by atoms with van der Waals surface area (Å²) in [6, 6.07) is -0.840. The third kappa shape index (κ3) is 2.82. The van der Waals surface area contributed by atoms with E-state index < -0.39 is 12.1 Å². The molecule has 0 radical (unpaired) electrons. The van der Waals surface area contributed by atoms with Crippen molar-refractivity contribution in [2.75, 3.05) is 7.11 Å². The molecule has 7 nitrogen and oxygen atoms in total. The van der Waals surface area contributed by atoms with Crippen LogP contribution in [0.15, 0.2) is 0 Å². The Morgan fingerprint density at radius 3 is 2.57 bits per heavy atom. The molecule has 0 aromatic heterocycles. The number of amides is 2. The number of piperidine rings is 1. The Morgan fingerprint density at radius 1 is 1.38 bits per heavy atom. The maximum Gasteiger partial charge on any atom is 0.407 e. The summed E-state index contributed by atoms with van der Waals surface area (Å²) in [5.41, 5.74) is 5.69. The molecule has 4 N–H and O–H groups in total. The van der Waals surface area contributed by atoms with Gasteiger partial charge in [0.1, 0.15) is 11.9 Å². The number of hydrogen-bond acceptors (Lipinski definition) is 4. The fourth-order valence-electron chi connectivity index (χ4n) is 3.57. The van der Waals surface area contributed by atoms with Crippen LogP contribution in [0.4, 0.5) is 4.79 Å². The molecule has 2 fully saturated rings. The second-order valence-corrected chi connectivity index (χ2v) is 6.23. The van der Waals surface area contributed by atoms with E-state index in [9.17, 15) is 9.59 Å². The summed E-state index contributed by atoms with van der Waals surface area (Å²) in [6.07, 6.45) is 2.24. The van der Waals surface area contributed by atoms with Crippen LogP contribution in [0.5, 0.6) is 0 Å². The van der Waals surface area contributed by atoms with Crippen molar-refractivity contribution in [2.24, 2.45) is 17.6 Å². The van der Waals surface area contributed by atoms with Crippen molar-refractivity contribution in [2.45, 2.75) is 51.2 Å². The normalized spacial score (nSPS) is 28.6. The number of carbonyl (C=O) groups excluding carboxylic acids is 2. The SMILES string of the molecule is COC(=O)N[C@H](C(=O)N1[C@@H]2CC[C@@H](C2)[C@H]1C(=N)N)C(C)C. The van der Waals surface area contributed by atoms with Gasteiger partial charge in [-0.1, -0.05) is 13.8 Å². The third-order valence-corrected chi connectivity index (χ3v) is 4.55. The van der Waals surface area contributed by atoms with Crippen molar-refractivity contribution in [1.29, 1.82) is 5.41 Å². The van der Waals surface area contributed by atoms with Crippen molar-refractivity contribution in [3.05, 3.63) is 0 Å². The maximum absolute atomic E-state index is 12.8. The Labute approximate surface area is 124 Å². The molecule has 2 rings (SSSR count). The molecule has 0 aromatic rings. The minimum absolute atomic E-state index is 0.0381. The average molecular weight is 296 g/mol. The number of nitrogens with one attached hydrogen (secondary N) is 2. The molecular formula is C14H24N4O3. The highest BCUT2D eigenvalue weighted by Crippen LogP contribution is 2.42. The average Bonchev–Trinajstić information content (AvgIpc) is 3.03. The lowest BCUT2D eigenvalue weighted by atomic mass is 9.95. The van der Waals surface area contributed by atoms with Gasteiger partial charge in [0.25, 0.3) is 0 Å². The number of nitrogens with two attached hydrogens (primary N) is 1. The van der Waals surface area contributed by atoms with Crippen LogP contribution in [0.1, 0.15) is 33.1 Å². The number of hydrogen-bond donors (Lipinski definition) is 3. The standard InChI is InChI=1S/C14H24N4O3/c1-7(2)10(17-14(20)21-3)13(19)18-9-5-4-8(6-9)11(18)12(15)16/h7-11H,4-6H2,1-3H3,(H3,15,16)(H,17,20)/t8-,9+,10-,11-/m0/s1. The molecule has 4 atom stereocenters. The number of fused-ring (bicyclic) bond motifs is 2. The number of alkyl carbamates (subject to hydrolysis) is 1. The lowest BCUT2D eigenvalue weighted by molar-refractivity contribution is -0.137. The molecule has 1 aliphatic carbocycles. The lowest BCUT2D eigenvalue weighted by Crippen LogP contribution is -2.58. The van der Waals surface area contributed by atoms with Gasteiger partial charge in [0.15, 0.2) is 0 Å². The van der Waals surface area contributed by atoms with Gasteiger partial charge in [-0.25, -0.2) is 4.79 Å². The Balaban J connectivity index is 2.19. The first-order valence-corrected chi connectivity index (χ1v) is 7.37. The van der Waals surface area contributed by atoms with Crippen molar-refractivity contribution >= 4 is 17.8 Å². The monoisotopic (exact) mass is 296 g/mol. The predicted octanol–water partition coefficient (Wildman–Crippen LogP) is 0.682. The van der Waals surface area contributed by atoms with Crippen LogP contribution in [-0.4, -0.2) is 48.0 Å². The molecule has 0 spiro atoms. The zero-order valence-corrected chi connectivity index (χ0v) is 12.8. The van der Waals surface area contributed by atoms with Crippen molar-refractivity contribution in [3.63, 3.8) is 0 Å². The summed E-state index contributed by atoms with van der Waals surface area (Å²) < 4.78 is 4.59. The third-order valence-electron chi connectivity index (χ3n) is 4.55. The van der Waals surface area contributed by atoms with E-state index in [1.54, 1.807) is 4.90 Å². The van der Waals surface area contributed by atoms with Gasteiger partial charge in [-0.3, -0.25) is 10.2 Å². The van der Waals surface area contributed by atoms with Crippen molar-refractivity contribution in [1.82, 2.24) is 10.2 Å². The number of carbonyl (C=O) groups is 2. The molecule has 2 amide bonds. The summed E-state index contributed by atoms with van der Waals surface area (Å²) in [7, 11) is 1.27. The Bertz CT molecular complexity index is 452. The molecule has 1 heterocycles. The lowest BCUT2D eigenvalue weighted by Gasteiger charge is -2.37. The van der Waals surface area contributed by atoms with E-state index in [1.807, 2.05) is 13.8 Å². The minimum atomic E-state index is -0.654. The highest BCUT2D eigenvalue weighted by Gasteiger charge is 2.51. The second kappa shape index (κ2) is 5.91. The number of likely N-dealkylation sites (tertiary alicyclic amines) is 1. The van der Waals surface area contributed by atoms with Crippen LogP contribution in [0.2, 0.25) is 0 Å². The first-order valence-electron chi connectivity index (χ1n) is 7.37. The van der Waals surface area contributed by atoms with Crippen LogP contribution in [0.3, 0.4) is 0 Å². The zero-order valence-electron chi connectivity index (χ0n) is 12.8. The van der Waals surface area contributed by atoms with Crippen LogP contribution in [-0.2, 0) is 9.53 Å². The zero-order chi connectivity index (χ0) is 15.7. The Hall–Kier alpha value is -1.79. The van der Waals surface area contributed by atoms with E-state index in [1.165, 1.54) is 7.11 Å². The molecule has 2 aliphatic rings. The largest absolute Gasteiger partial charge is 0.453 e. The van der Waals surface area contributed by atoms with Gasteiger partial charge in [0, 0.05) is 6.04 Å². The number of methoxy groups -OCH3 is 1. The molecular weight excluding hydrogens is 272 g/mol. The second-order valence-electron chi connectivity index (χ2n) is 6.23. The molecule has 118 valence electrons. The molecule has 1 saturated heterocycles. The molecule has 1 saturated carbocycles. The van der Waals surface area contributed by atoms with Gasteiger partial charge in [0.2, 0.25) is 5.91 Å². The fourth-order valence-corrected chi connectivity index (χ4v) is 3.57. The highest BCUT2D eigenvalue weighted by molar-refractivity contribution is 5.93. The van der Waals surface area contributed by atoms with E-state index in [4.69, 9.17) is 11.1 Å². The summed E-state index contributed by atoms with van der Waals surface area (Å²) in [5, 5.41) is 10.4. The van der Waals surface area contributed by atoms with Crippen molar-refractivity contribution in [3.8, 4) is 0 Å². The molecule has 7 heteroatoms. The van der Waals surface area contributed by atoms with Crippen LogP contribution in [0.25, 0.3) is 0 Å². The van der Waals surface area contributed by atoms with Gasteiger partial charge in [-0.2, -0.15) is 0 Å². The van der Waals surface area contributed by atoms with Crippen LogP contribution in [0, 0.1) is 17.2 Å². The first-order chi connectivity index (χ1) is 9.86. The van der Waals surface area contributed by atoms with E-state index in [0.717, 1.165) is 19.3 Å². The summed E-state index contributed by atoms with van der Waals surface area (Å²) in [5.74, 6) is 0.0876. The molecule has 2 bridgehead atoms. The molecule has 0 aromatic carbocycles. The van der Waals surface area contributed by atoms with E-state index in [2.05, 4.69) is 10.1 Å². The fraction of sp³-hybridized carbons (Fsp3) is 0.786. The number of ether oxygens (including phenoxy) is 1. The number of amidine groups is 1. The number of rotatable bonds is 4. The number of nitrogens with zero attached hydrogens (tertiary/aromatic N) is 1. The van der Waals surface area contributed by atoms with Gasteiger partial charge < -0.3 is 20.7 Å². The minimum Gasteiger partial charge on any atom is -0.453 e. The topological polar surface area (TPSA) is 109 Å². The van der Waals surface area contributed by atoms with Gasteiger partial charge in [-0.15, -0.1) is 0 Å². The van der Waals surface area contributed by atoms with Crippen LogP contribution < -0.4 is 11.1 Å². The Kier molecular flexibility index (Phi) is 4.39. The quantitative estimate of drug-likeness (QED) is 0.523. The molecule has 21 heavy (non-hydrogen) atoms. The van der Waals surface area contributed by atoms with Gasteiger partial charge >= 0.3 is 6.09 Å². The molecule has 1 aliphatic heterocycles. The summed E-state index contributed by atoms with van der Waals surface area (Å²) in [4.78, 5) is 26.0. The van der Waals surface area contributed by atoms with Gasteiger partial charge in [-0.05, 0) is 31.1 Å². The molecule has 0 unspecified atom stereocenters. The summed E-state index contributed by atoms with van der Waals surface area (Å²) >= 11 is 0. The van der Waals surface area contributed by atoms with E-state index in [-0.39, 0.29) is 35.7 Å². The predicted molar refractivity (Wildman–Crippen MR) is 77.8 cm³/mol. The van der Waals surface area contributed by atoms with E-state index in [0.29, 0.717) is 0 Å². The van der Waals surface area contributed by atoms with Crippen molar-refractivity contribution < 1.29 is 14.3 Å². The van der Waals surface area contributed by atoms with E-state index >= 15 is 0 Å². The smallest absolute Gasteiger partial charge is 0.407 e. The maximum atomic E-state index is 12.8.